The van der Waals surface area contributed by atoms with Gasteiger partial charge in [0.25, 0.3) is 0 Å². The zero-order chi connectivity index (χ0) is 45.7. The van der Waals surface area contributed by atoms with E-state index in [9.17, 15) is 27.6 Å². The number of H-pyrrole nitrogens is 1. The lowest BCUT2D eigenvalue weighted by molar-refractivity contribution is -0.141. The molecule has 340 valence electrons. The molecule has 9 rings (SSSR count). The smallest absolute Gasteiger partial charge is 0.301 e. The number of halogens is 3. The average molecular weight is 914 g/mol. The first-order valence-corrected chi connectivity index (χ1v) is 22.9. The van der Waals surface area contributed by atoms with Crippen LogP contribution >= 0.6 is 0 Å². The van der Waals surface area contributed by atoms with Gasteiger partial charge in [0.15, 0.2) is 5.82 Å². The molecule has 0 radical (unpaired) electrons. The molecule has 1 aliphatic carbocycles. The molecule has 65 heavy (non-hydrogen) atoms. The largest absolute Gasteiger partial charge is 0.374 e. The Labute approximate surface area is 372 Å². The summed E-state index contributed by atoms with van der Waals surface area (Å²) in [6.45, 7) is 5.22. The van der Waals surface area contributed by atoms with E-state index in [1.54, 1.807) is 43.7 Å². The zero-order valence-corrected chi connectivity index (χ0v) is 36.3. The lowest BCUT2D eigenvalue weighted by Gasteiger charge is -2.50. The van der Waals surface area contributed by atoms with Crippen LogP contribution in [0.25, 0.3) is 22.2 Å². The second-order valence-electron chi connectivity index (χ2n) is 16.9. The van der Waals surface area contributed by atoms with E-state index < -0.39 is 50.8 Å². The number of ketones is 1. The van der Waals surface area contributed by atoms with Crippen molar-refractivity contribution in [2.45, 2.75) is 38.6 Å². The van der Waals surface area contributed by atoms with Crippen LogP contribution in [0.15, 0.2) is 61.2 Å². The fourth-order valence-corrected chi connectivity index (χ4v) is 9.80. The number of piperidine rings is 1. The Hall–Kier alpha value is -6.61. The van der Waals surface area contributed by atoms with Crippen molar-refractivity contribution in [2.75, 3.05) is 72.7 Å². The first kappa shape index (κ1) is 43.6. The molecule has 21 heteroatoms. The van der Waals surface area contributed by atoms with Crippen LogP contribution in [0, 0.1) is 35.2 Å². The highest BCUT2D eigenvalue weighted by molar-refractivity contribution is 7.90. The minimum atomic E-state index is -4.16. The lowest BCUT2D eigenvalue weighted by Crippen LogP contribution is -2.56. The van der Waals surface area contributed by atoms with E-state index >= 15 is 13.2 Å². The average Bonchev–Trinajstić information content (AvgIpc) is 3.69. The molecule has 0 bridgehead atoms. The number of hydrogen-bond acceptors (Lipinski definition) is 12. The van der Waals surface area contributed by atoms with Gasteiger partial charge in [0.05, 0.1) is 16.9 Å². The van der Waals surface area contributed by atoms with Gasteiger partial charge in [-0.3, -0.25) is 29.2 Å². The summed E-state index contributed by atoms with van der Waals surface area (Å²) in [5.74, 6) is -3.26. The van der Waals surface area contributed by atoms with E-state index in [4.69, 9.17) is 0 Å². The highest BCUT2D eigenvalue weighted by Gasteiger charge is 2.45. The first-order chi connectivity index (χ1) is 31.2. The molecule has 3 amide bonds. The fourth-order valence-electron chi connectivity index (χ4n) is 8.87. The molecule has 0 spiro atoms. The van der Waals surface area contributed by atoms with E-state index in [0.717, 1.165) is 29.3 Å². The Morgan fingerprint density at radius 2 is 1.62 bits per heavy atom. The van der Waals surface area contributed by atoms with Crippen LogP contribution < -0.4 is 25.2 Å². The monoisotopic (exact) mass is 913 g/mol. The third-order valence-corrected chi connectivity index (χ3v) is 14.6. The predicted molar refractivity (Wildman–Crippen MR) is 235 cm³/mol. The fraction of sp³-hybridized carbons (Fsp3) is 0.386. The third kappa shape index (κ3) is 8.56. The number of aromatic nitrogens is 4. The molecule has 6 heterocycles. The molecule has 1 atom stereocenters. The summed E-state index contributed by atoms with van der Waals surface area (Å²) >= 11 is 0. The van der Waals surface area contributed by atoms with Crippen molar-refractivity contribution in [1.29, 1.82) is 0 Å². The molecule has 2 aromatic carbocycles. The number of hydrogen-bond donors (Lipinski definition) is 4. The van der Waals surface area contributed by atoms with Crippen LogP contribution in [0.4, 0.5) is 36.2 Å². The van der Waals surface area contributed by atoms with Crippen molar-refractivity contribution in [3.8, 4) is 11.1 Å². The van der Waals surface area contributed by atoms with Crippen molar-refractivity contribution in [3.63, 3.8) is 0 Å². The number of rotatable bonds is 13. The second kappa shape index (κ2) is 17.4. The van der Waals surface area contributed by atoms with E-state index in [1.807, 2.05) is 14.7 Å². The van der Waals surface area contributed by atoms with Gasteiger partial charge in [-0.15, -0.1) is 0 Å². The maximum Gasteiger partial charge on any atom is 0.301 e. The number of fused-ring (bicyclic) bond motifs is 1. The molecule has 5 aromatic rings. The summed E-state index contributed by atoms with van der Waals surface area (Å²) in [5, 5.41) is 5.59. The number of nitrogens with zero attached hydrogens (tertiary/aromatic N) is 7. The topological polar surface area (TPSA) is 206 Å². The molecular weight excluding hydrogens is 868 g/mol. The second-order valence-corrected chi connectivity index (χ2v) is 18.7. The summed E-state index contributed by atoms with van der Waals surface area (Å²) in [5.41, 5.74) is 0.799. The van der Waals surface area contributed by atoms with Gasteiger partial charge in [-0.05, 0) is 67.5 Å². The van der Waals surface area contributed by atoms with Crippen LogP contribution in [0.3, 0.4) is 0 Å². The Morgan fingerprint density at radius 1 is 0.892 bits per heavy atom. The summed E-state index contributed by atoms with van der Waals surface area (Å²) in [6, 6.07) is 7.61. The molecule has 3 saturated heterocycles. The normalized spacial score (nSPS) is 20.4. The quantitative estimate of drug-likeness (QED) is 0.0965. The molecule has 1 unspecified atom stereocenters. The molecule has 3 aromatic heterocycles. The number of pyridine rings is 1. The number of aromatic amines is 1. The van der Waals surface area contributed by atoms with Crippen LogP contribution in [0.1, 0.15) is 48.5 Å². The van der Waals surface area contributed by atoms with Gasteiger partial charge in [-0.2, -0.15) is 12.7 Å². The Bertz CT molecular complexity index is 2810. The Kier molecular flexibility index (Phi) is 11.7. The maximum atomic E-state index is 15.6. The first-order valence-electron chi connectivity index (χ1n) is 21.4. The Balaban J connectivity index is 0.761. The highest BCUT2D eigenvalue weighted by atomic mass is 32.2. The zero-order valence-electron chi connectivity index (χ0n) is 35.5. The van der Waals surface area contributed by atoms with E-state index in [0.29, 0.717) is 86.0 Å². The van der Waals surface area contributed by atoms with Crippen molar-refractivity contribution in [2.24, 2.45) is 17.8 Å². The number of carbonyl (C=O) groups is 4. The Morgan fingerprint density at radius 3 is 2.31 bits per heavy atom. The molecule has 4 fully saturated rings. The minimum Gasteiger partial charge on any atom is -0.374 e. The number of anilines is 4. The van der Waals surface area contributed by atoms with Gasteiger partial charge in [-0.1, -0.05) is 6.92 Å². The van der Waals surface area contributed by atoms with Crippen molar-refractivity contribution in [3.05, 3.63) is 89.8 Å². The number of carbonyl (C=O) groups excluding carboxylic acids is 4. The third-order valence-electron chi connectivity index (χ3n) is 13.0. The van der Waals surface area contributed by atoms with Crippen LogP contribution in [-0.2, 0) is 24.6 Å². The number of benzene rings is 2. The van der Waals surface area contributed by atoms with Crippen molar-refractivity contribution >= 4 is 67.8 Å². The number of imide groups is 1. The van der Waals surface area contributed by atoms with Gasteiger partial charge in [0.2, 0.25) is 29.5 Å². The SMILES string of the molecule is CCN(C)S(=O)(=O)Nc1ccc(F)c(C(=O)c2c[nH]c3ncc(-c4cnc(N5CCN(C(=O)C6CC(C7CN(c8ccc(NC9CCC(=O)NC9=O)cc8F)C7)C6)CC5)nc4)cc23)c1F. The van der Waals surface area contributed by atoms with E-state index in [2.05, 4.69) is 35.3 Å². The molecule has 4 aliphatic rings. The summed E-state index contributed by atoms with van der Waals surface area (Å²) < 4.78 is 73.8. The number of piperazine rings is 1. The van der Waals surface area contributed by atoms with Crippen LogP contribution in [-0.4, -0.2) is 120 Å². The maximum absolute atomic E-state index is 15.6. The predicted octanol–water partition coefficient (Wildman–Crippen LogP) is 4.30. The number of nitrogens with one attached hydrogen (secondary N) is 4. The van der Waals surface area contributed by atoms with Gasteiger partial charge < -0.3 is 25.0 Å². The van der Waals surface area contributed by atoms with E-state index in [-0.39, 0.29) is 53.1 Å². The molecule has 17 nitrogen and oxygen atoms in total. The summed E-state index contributed by atoms with van der Waals surface area (Å²) in [4.78, 5) is 72.9. The molecule has 1 saturated carbocycles. The summed E-state index contributed by atoms with van der Waals surface area (Å²) in [7, 11) is -2.87. The molecule has 4 N–H and O–H groups in total. The number of amides is 3. The van der Waals surface area contributed by atoms with E-state index in [1.165, 1.54) is 19.3 Å². The van der Waals surface area contributed by atoms with Gasteiger partial charge in [0.1, 0.15) is 23.3 Å². The highest BCUT2D eigenvalue weighted by Crippen LogP contribution is 2.45. The van der Waals surface area contributed by atoms with Crippen molar-refractivity contribution < 1.29 is 40.8 Å². The summed E-state index contributed by atoms with van der Waals surface area (Å²) in [6.07, 6.45) is 8.26. The van der Waals surface area contributed by atoms with Gasteiger partial charge in [0, 0.05) is 118 Å². The lowest BCUT2D eigenvalue weighted by atomic mass is 9.65. The van der Waals surface area contributed by atoms with Crippen LogP contribution in [0.2, 0.25) is 0 Å². The molecule has 3 aliphatic heterocycles. The van der Waals surface area contributed by atoms with Gasteiger partial charge in [-0.25, -0.2) is 28.1 Å². The van der Waals surface area contributed by atoms with Gasteiger partial charge >= 0.3 is 10.2 Å². The van der Waals surface area contributed by atoms with Crippen LogP contribution in [0.5, 0.6) is 0 Å². The molecular formula is C44H46F3N11O6S. The standard InChI is InChI=1S/C44H46F3N11O6S/c1-3-55(2)65(63,64)54-34-6-5-32(45)38(39(34)47)40(60)31-21-49-41-30(31)16-26(18-48-41)27-19-50-44(51-20-27)57-12-10-56(11-13-57)43(62)25-14-24(15-25)28-22-58(23-28)36-8-4-29(17-33(36)46)52-35-7-9-37(59)53-42(35)61/h4-6,8,16-21,24-25,28,35,52,54H,3,7,9-15,22-23H2,1-2H3,(H,48,49)(H,53,59,61). The minimum absolute atomic E-state index is 0.0378. The van der Waals surface area contributed by atoms with Crippen molar-refractivity contribution in [1.82, 2.24) is 34.5 Å².